The van der Waals surface area contributed by atoms with Crippen LogP contribution in [0.15, 0.2) is 0 Å². The zero-order chi connectivity index (χ0) is 10.5. The third-order valence-electron chi connectivity index (χ3n) is 1.97. The predicted octanol–water partition coefficient (Wildman–Crippen LogP) is -2.04. The normalized spacial score (nSPS) is 10.6. The van der Waals surface area contributed by atoms with E-state index in [2.05, 4.69) is 21.1 Å². The van der Waals surface area contributed by atoms with Crippen LogP contribution in [0.1, 0.15) is 19.3 Å². The number of halogens is 1. The van der Waals surface area contributed by atoms with Crippen molar-refractivity contribution in [1.82, 2.24) is 4.90 Å². The van der Waals surface area contributed by atoms with Gasteiger partial charge in [-0.2, -0.15) is 0 Å². The summed E-state index contributed by atoms with van der Waals surface area (Å²) in [6.07, 6.45) is 2.82. The van der Waals surface area contributed by atoms with E-state index in [0.29, 0.717) is 6.42 Å². The first-order valence-electron chi connectivity index (χ1n) is 4.83. The third-order valence-corrected chi connectivity index (χ3v) is 1.97. The molecule has 1 amide bonds. The Kier molecular flexibility index (Phi) is 8.83. The highest BCUT2D eigenvalue weighted by molar-refractivity contribution is 5.75. The minimum Gasteiger partial charge on any atom is -1.00 e. The zero-order valence-corrected chi connectivity index (χ0v) is 12.2. The van der Waals surface area contributed by atoms with Crippen molar-refractivity contribution in [3.63, 3.8) is 0 Å². The van der Waals surface area contributed by atoms with Gasteiger partial charge < -0.3 is 33.4 Å². The van der Waals surface area contributed by atoms with E-state index in [0.717, 1.165) is 23.9 Å². The van der Waals surface area contributed by atoms with Crippen LogP contribution in [0.5, 0.6) is 0 Å². The molecule has 0 bridgehead atoms. The topological polar surface area (TPSA) is 20.3 Å². The number of quaternary nitrogens is 1. The summed E-state index contributed by atoms with van der Waals surface area (Å²) in [5.41, 5.74) is 0. The third kappa shape index (κ3) is 10.2. The van der Waals surface area contributed by atoms with Crippen LogP contribution in [0.4, 0.5) is 0 Å². The summed E-state index contributed by atoms with van der Waals surface area (Å²) in [5.74, 6) is 0.237. The van der Waals surface area contributed by atoms with Gasteiger partial charge >= 0.3 is 0 Å². The highest BCUT2D eigenvalue weighted by Gasteiger charge is 2.07. The lowest BCUT2D eigenvalue weighted by molar-refractivity contribution is -0.870. The van der Waals surface area contributed by atoms with Gasteiger partial charge in [0.25, 0.3) is 0 Å². The van der Waals surface area contributed by atoms with E-state index in [1.807, 2.05) is 14.1 Å². The molecule has 0 radical (unpaired) electrons. The maximum Gasteiger partial charge on any atom is 0.222 e. The van der Waals surface area contributed by atoms with Gasteiger partial charge in [-0.05, 0) is 12.8 Å². The maximum absolute atomic E-state index is 11.2. The van der Waals surface area contributed by atoms with Crippen LogP contribution >= 0.6 is 0 Å². The van der Waals surface area contributed by atoms with Gasteiger partial charge in [0.05, 0.1) is 27.7 Å². The van der Waals surface area contributed by atoms with Gasteiger partial charge in [0, 0.05) is 20.5 Å². The van der Waals surface area contributed by atoms with E-state index in [1.54, 1.807) is 4.90 Å². The minimum absolute atomic E-state index is 0. The minimum atomic E-state index is 0. The fourth-order valence-corrected chi connectivity index (χ4v) is 1.09. The molecular formula is C10H23IN2O. The van der Waals surface area contributed by atoms with Crippen LogP contribution in [-0.4, -0.2) is 57.1 Å². The van der Waals surface area contributed by atoms with Crippen molar-refractivity contribution in [2.45, 2.75) is 19.3 Å². The maximum atomic E-state index is 11.2. The van der Waals surface area contributed by atoms with Crippen LogP contribution in [0.25, 0.3) is 0 Å². The second-order valence-corrected chi connectivity index (χ2v) is 4.76. The quantitative estimate of drug-likeness (QED) is 0.325. The molecule has 0 heterocycles. The summed E-state index contributed by atoms with van der Waals surface area (Å²) in [6, 6.07) is 0. The Hall–Kier alpha value is 0.160. The molecule has 3 nitrogen and oxygen atoms in total. The summed E-state index contributed by atoms with van der Waals surface area (Å²) in [5, 5.41) is 0. The number of carbonyl (C=O) groups excluding carboxylic acids is 1. The molecule has 0 saturated heterocycles. The highest BCUT2D eigenvalue weighted by atomic mass is 127. The average molecular weight is 314 g/mol. The molecule has 4 heteroatoms. The van der Waals surface area contributed by atoms with E-state index >= 15 is 0 Å². The molecule has 0 aliphatic carbocycles. The molecule has 0 aliphatic rings. The molecule has 0 spiro atoms. The van der Waals surface area contributed by atoms with Crippen LogP contribution in [0, 0.1) is 0 Å². The van der Waals surface area contributed by atoms with Gasteiger partial charge in [0.1, 0.15) is 0 Å². The van der Waals surface area contributed by atoms with Crippen molar-refractivity contribution in [1.29, 1.82) is 0 Å². The first-order valence-corrected chi connectivity index (χ1v) is 4.83. The van der Waals surface area contributed by atoms with E-state index < -0.39 is 0 Å². The van der Waals surface area contributed by atoms with E-state index in [-0.39, 0.29) is 29.9 Å². The lowest BCUT2D eigenvalue weighted by Crippen LogP contribution is -3.00. The van der Waals surface area contributed by atoms with Gasteiger partial charge in [-0.15, -0.1) is 0 Å². The molecular weight excluding hydrogens is 291 g/mol. The van der Waals surface area contributed by atoms with Crippen molar-refractivity contribution >= 4 is 5.91 Å². The second-order valence-electron chi connectivity index (χ2n) is 4.76. The van der Waals surface area contributed by atoms with Gasteiger partial charge in [-0.3, -0.25) is 4.79 Å². The Morgan fingerprint density at radius 1 is 1.14 bits per heavy atom. The number of hydrogen-bond donors (Lipinski definition) is 0. The number of carbonyl (C=O) groups is 1. The van der Waals surface area contributed by atoms with Crippen molar-refractivity contribution in [3.05, 3.63) is 0 Å². The van der Waals surface area contributed by atoms with E-state index in [4.69, 9.17) is 0 Å². The molecule has 0 atom stereocenters. The Morgan fingerprint density at radius 2 is 1.64 bits per heavy atom. The monoisotopic (exact) mass is 314 g/mol. The Bertz CT molecular complexity index is 164. The summed E-state index contributed by atoms with van der Waals surface area (Å²) in [4.78, 5) is 12.8. The SMILES string of the molecule is CN(C)C(=O)CCCC[N+](C)(C)C.[I-]. The van der Waals surface area contributed by atoms with Crippen LogP contribution < -0.4 is 24.0 Å². The van der Waals surface area contributed by atoms with E-state index in [1.165, 1.54) is 0 Å². The predicted molar refractivity (Wildman–Crippen MR) is 55.4 cm³/mol. The lowest BCUT2D eigenvalue weighted by atomic mass is 10.2. The summed E-state index contributed by atoms with van der Waals surface area (Å²) < 4.78 is 0.982. The van der Waals surface area contributed by atoms with Gasteiger partial charge in [0.2, 0.25) is 5.91 Å². The highest BCUT2D eigenvalue weighted by Crippen LogP contribution is 2.01. The molecule has 0 aromatic heterocycles. The molecule has 0 aliphatic heterocycles. The molecule has 0 unspecified atom stereocenters. The summed E-state index contributed by atoms with van der Waals surface area (Å²) >= 11 is 0. The zero-order valence-electron chi connectivity index (χ0n) is 10.0. The summed E-state index contributed by atoms with van der Waals surface area (Å²) in [7, 11) is 10.1. The van der Waals surface area contributed by atoms with Crippen LogP contribution in [0.3, 0.4) is 0 Å². The van der Waals surface area contributed by atoms with Crippen molar-refractivity contribution < 1.29 is 33.3 Å². The Balaban J connectivity index is 0. The van der Waals surface area contributed by atoms with Crippen molar-refractivity contribution in [2.75, 3.05) is 41.8 Å². The molecule has 0 aromatic carbocycles. The lowest BCUT2D eigenvalue weighted by Gasteiger charge is -2.23. The molecule has 0 fully saturated rings. The van der Waals surface area contributed by atoms with Crippen molar-refractivity contribution in [2.24, 2.45) is 0 Å². The number of rotatable bonds is 5. The number of amides is 1. The standard InChI is InChI=1S/C10H23N2O.HI/c1-11(2)10(13)8-6-7-9-12(3,4)5;/h6-9H2,1-5H3;1H/q+1;/p-1. The molecule has 0 aromatic rings. The van der Waals surface area contributed by atoms with Crippen LogP contribution in [0.2, 0.25) is 0 Å². The molecule has 14 heavy (non-hydrogen) atoms. The van der Waals surface area contributed by atoms with Gasteiger partial charge in [-0.1, -0.05) is 0 Å². The fraction of sp³-hybridized carbons (Fsp3) is 0.900. The average Bonchev–Trinajstić information content (AvgIpc) is 1.95. The number of unbranched alkanes of at least 4 members (excludes halogenated alkanes) is 1. The first kappa shape index (κ1) is 16.6. The first-order chi connectivity index (χ1) is 5.83. The number of nitrogens with zero attached hydrogens (tertiary/aromatic N) is 2. The number of hydrogen-bond acceptors (Lipinski definition) is 1. The fourth-order valence-electron chi connectivity index (χ4n) is 1.09. The Morgan fingerprint density at radius 3 is 2.00 bits per heavy atom. The smallest absolute Gasteiger partial charge is 0.222 e. The van der Waals surface area contributed by atoms with Crippen molar-refractivity contribution in [3.8, 4) is 0 Å². The largest absolute Gasteiger partial charge is 1.00 e. The van der Waals surface area contributed by atoms with E-state index in [9.17, 15) is 4.79 Å². The molecule has 0 saturated carbocycles. The summed E-state index contributed by atoms with van der Waals surface area (Å²) in [6.45, 7) is 1.14. The van der Waals surface area contributed by atoms with Gasteiger partial charge in [-0.25, -0.2) is 0 Å². The Labute approximate surface area is 105 Å². The van der Waals surface area contributed by atoms with Gasteiger partial charge in [0.15, 0.2) is 0 Å². The molecule has 0 N–H and O–H groups in total. The molecule has 86 valence electrons. The van der Waals surface area contributed by atoms with Crippen LogP contribution in [-0.2, 0) is 4.79 Å². The molecule has 0 rings (SSSR count). The second kappa shape index (κ2) is 7.45.